The summed E-state index contributed by atoms with van der Waals surface area (Å²) in [5, 5.41) is 9.76. The molecule has 1 N–H and O–H groups in total. The molecule has 0 spiro atoms. The van der Waals surface area contributed by atoms with Gasteiger partial charge in [-0.05, 0) is 87.4 Å². The van der Waals surface area contributed by atoms with Crippen LogP contribution < -0.4 is 0 Å². The number of carboxylic acid groups (broad SMARTS) is 1. The first kappa shape index (κ1) is 23.1. The third kappa shape index (κ3) is 5.86. The predicted octanol–water partition coefficient (Wildman–Crippen LogP) is 6.74. The summed E-state index contributed by atoms with van der Waals surface area (Å²) >= 11 is 0. The minimum atomic E-state index is -0.782. The monoisotopic (exact) mass is 432 g/mol. The molecule has 5 aliphatic rings. The van der Waals surface area contributed by atoms with Crippen LogP contribution in [0, 0.1) is 28.6 Å². The Morgan fingerprint density at radius 2 is 1.58 bits per heavy atom. The molecular formula is C27H44O4. The van der Waals surface area contributed by atoms with Crippen LogP contribution in [0.15, 0.2) is 11.8 Å². The first-order valence-electron chi connectivity index (χ1n) is 13.1. The predicted molar refractivity (Wildman–Crippen MR) is 123 cm³/mol. The van der Waals surface area contributed by atoms with Gasteiger partial charge in [0.15, 0.2) is 0 Å². The molecule has 0 atom stereocenters. The summed E-state index contributed by atoms with van der Waals surface area (Å²) in [7, 11) is 0. The van der Waals surface area contributed by atoms with Crippen molar-refractivity contribution in [2.24, 2.45) is 28.6 Å². The van der Waals surface area contributed by atoms with Crippen molar-refractivity contribution in [1.82, 2.24) is 0 Å². The van der Waals surface area contributed by atoms with Gasteiger partial charge in [0, 0.05) is 5.41 Å². The molecule has 4 nitrogen and oxygen atoms in total. The zero-order chi connectivity index (χ0) is 21.7. The number of unbranched alkanes of at least 4 members (excludes halogenated alkanes) is 4. The number of aliphatic carboxylic acids is 1. The van der Waals surface area contributed by atoms with Crippen molar-refractivity contribution in [3.63, 3.8) is 0 Å². The van der Waals surface area contributed by atoms with Crippen LogP contribution in [0.1, 0.15) is 103 Å². The van der Waals surface area contributed by atoms with E-state index in [9.17, 15) is 9.90 Å². The lowest BCUT2D eigenvalue weighted by atomic mass is 9.48. The maximum absolute atomic E-state index is 11.9. The number of hydrogen-bond acceptors (Lipinski definition) is 3. The minimum absolute atomic E-state index is 0.251. The average Bonchev–Trinajstić information content (AvgIpc) is 2.68. The Morgan fingerprint density at radius 3 is 2.13 bits per heavy atom. The van der Waals surface area contributed by atoms with Crippen molar-refractivity contribution < 1.29 is 19.4 Å². The number of hydrogen-bond donors (Lipinski definition) is 1. The molecule has 4 heteroatoms. The lowest BCUT2D eigenvalue weighted by Gasteiger charge is -2.57. The number of carboxylic acids is 1. The largest absolute Gasteiger partial charge is 0.501 e. The van der Waals surface area contributed by atoms with E-state index in [4.69, 9.17) is 9.47 Å². The summed E-state index contributed by atoms with van der Waals surface area (Å²) in [6.07, 6.45) is 20.1. The molecule has 31 heavy (non-hydrogen) atoms. The summed E-state index contributed by atoms with van der Waals surface area (Å²) < 4.78 is 11.2. The highest BCUT2D eigenvalue weighted by Gasteiger charge is 2.51. The van der Waals surface area contributed by atoms with Crippen molar-refractivity contribution in [2.75, 3.05) is 19.8 Å². The third-order valence-electron chi connectivity index (χ3n) is 8.83. The Balaban J connectivity index is 1.14. The van der Waals surface area contributed by atoms with E-state index >= 15 is 0 Å². The van der Waals surface area contributed by atoms with Gasteiger partial charge in [-0.25, -0.2) is 4.79 Å². The summed E-state index contributed by atoms with van der Waals surface area (Å²) in [4.78, 5) is 11.9. The van der Waals surface area contributed by atoms with E-state index in [1.54, 1.807) is 6.26 Å². The number of carbonyl (C=O) groups is 1. The second-order valence-corrected chi connectivity index (χ2v) is 11.7. The molecule has 0 radical (unpaired) electrons. The van der Waals surface area contributed by atoms with Gasteiger partial charge < -0.3 is 14.6 Å². The fraction of sp³-hybridized carbons (Fsp3) is 0.889. The summed E-state index contributed by atoms with van der Waals surface area (Å²) in [5.74, 6) is 1.79. The van der Waals surface area contributed by atoms with Crippen LogP contribution in [-0.2, 0) is 14.3 Å². The second-order valence-electron chi connectivity index (χ2n) is 11.7. The van der Waals surface area contributed by atoms with Gasteiger partial charge in [-0.3, -0.25) is 0 Å². The van der Waals surface area contributed by atoms with Gasteiger partial charge in [-0.2, -0.15) is 0 Å². The fourth-order valence-electron chi connectivity index (χ4n) is 7.63. The van der Waals surface area contributed by atoms with Crippen LogP contribution in [0.4, 0.5) is 0 Å². The van der Waals surface area contributed by atoms with Crippen LogP contribution in [0.2, 0.25) is 0 Å². The van der Waals surface area contributed by atoms with Gasteiger partial charge in [-0.15, -0.1) is 0 Å². The summed E-state index contributed by atoms with van der Waals surface area (Å²) in [5.41, 5.74) is 1.23. The summed E-state index contributed by atoms with van der Waals surface area (Å²) in [6, 6.07) is 0. The highest BCUT2D eigenvalue weighted by atomic mass is 16.5. The Morgan fingerprint density at radius 1 is 0.968 bits per heavy atom. The van der Waals surface area contributed by atoms with Crippen molar-refractivity contribution >= 4 is 5.97 Å². The molecule has 176 valence electrons. The molecule has 0 aromatic rings. The fourth-order valence-corrected chi connectivity index (χ4v) is 7.63. The van der Waals surface area contributed by atoms with Crippen molar-refractivity contribution in [3.8, 4) is 0 Å². The second kappa shape index (κ2) is 10.3. The molecule has 0 aromatic carbocycles. The van der Waals surface area contributed by atoms with Crippen LogP contribution in [0.25, 0.3) is 0 Å². The maximum atomic E-state index is 11.9. The van der Waals surface area contributed by atoms with E-state index in [1.165, 1.54) is 77.0 Å². The molecule has 0 unspecified atom stereocenters. The Labute approximate surface area is 189 Å². The summed E-state index contributed by atoms with van der Waals surface area (Å²) in [6.45, 7) is 4.83. The molecule has 5 fully saturated rings. The van der Waals surface area contributed by atoms with Gasteiger partial charge in [0.05, 0.1) is 31.7 Å². The molecule has 4 saturated carbocycles. The molecule has 0 amide bonds. The molecule has 1 aliphatic heterocycles. The average molecular weight is 433 g/mol. The molecule has 1 saturated heterocycles. The van der Waals surface area contributed by atoms with Crippen LogP contribution in [0.5, 0.6) is 0 Å². The van der Waals surface area contributed by atoms with Gasteiger partial charge >= 0.3 is 5.97 Å². The van der Waals surface area contributed by atoms with Crippen molar-refractivity contribution in [1.29, 1.82) is 0 Å². The van der Waals surface area contributed by atoms with Gasteiger partial charge in [0.25, 0.3) is 0 Å². The van der Waals surface area contributed by atoms with Crippen LogP contribution >= 0.6 is 0 Å². The molecule has 0 aromatic heterocycles. The van der Waals surface area contributed by atoms with E-state index in [0.29, 0.717) is 24.0 Å². The van der Waals surface area contributed by atoms with E-state index in [2.05, 4.69) is 6.92 Å². The van der Waals surface area contributed by atoms with Gasteiger partial charge in [0.1, 0.15) is 0 Å². The quantitative estimate of drug-likeness (QED) is 0.188. The van der Waals surface area contributed by atoms with E-state index in [-0.39, 0.29) is 5.41 Å². The molecule has 5 rings (SSSR count). The van der Waals surface area contributed by atoms with Crippen molar-refractivity contribution in [2.45, 2.75) is 103 Å². The zero-order valence-electron chi connectivity index (χ0n) is 19.7. The highest BCUT2D eigenvalue weighted by molar-refractivity contribution is 5.86. The molecular weight excluding hydrogens is 388 g/mol. The highest BCUT2D eigenvalue weighted by Crippen LogP contribution is 2.62. The van der Waals surface area contributed by atoms with E-state index in [0.717, 1.165) is 43.8 Å². The minimum Gasteiger partial charge on any atom is -0.501 e. The third-order valence-corrected chi connectivity index (χ3v) is 8.83. The zero-order valence-corrected chi connectivity index (χ0v) is 19.7. The number of ether oxygens (including phenoxy) is 2. The molecule has 4 bridgehead atoms. The Kier molecular flexibility index (Phi) is 7.67. The lowest BCUT2D eigenvalue weighted by Crippen LogP contribution is -2.46. The van der Waals surface area contributed by atoms with E-state index < -0.39 is 5.97 Å². The standard InChI is InChI=1S/C27H44O4/c1-2-3-8-26(19-31-20-26)9-6-4-5-7-10-30-18-24(25(28)29)17-27-14-21-11-22(15-27)13-23(12-21)16-27/h18,21-23H,2-17,19-20H2,1H3,(H,28,29). The topological polar surface area (TPSA) is 55.8 Å². The first-order valence-corrected chi connectivity index (χ1v) is 13.1. The lowest BCUT2D eigenvalue weighted by molar-refractivity contribution is -0.134. The first-order chi connectivity index (χ1) is 15.0. The molecule has 1 heterocycles. The molecule has 4 aliphatic carbocycles. The van der Waals surface area contributed by atoms with Gasteiger partial charge in [0.2, 0.25) is 0 Å². The Bertz CT molecular complexity index is 598. The van der Waals surface area contributed by atoms with E-state index in [1.807, 2.05) is 0 Å². The smallest absolute Gasteiger partial charge is 0.334 e. The normalized spacial score (nSPS) is 33.3. The van der Waals surface area contributed by atoms with Crippen LogP contribution in [-0.4, -0.2) is 30.9 Å². The van der Waals surface area contributed by atoms with Crippen LogP contribution in [0.3, 0.4) is 0 Å². The SMILES string of the molecule is CCCCC1(CCCCCCOC=C(CC23CC4CC(CC(C4)C2)C3)C(=O)O)COC1. The van der Waals surface area contributed by atoms with Gasteiger partial charge in [-0.1, -0.05) is 39.0 Å². The maximum Gasteiger partial charge on any atom is 0.334 e. The number of rotatable bonds is 14. The van der Waals surface area contributed by atoms with Crippen molar-refractivity contribution in [3.05, 3.63) is 11.8 Å². The Hall–Kier alpha value is -1.03.